The Morgan fingerprint density at radius 1 is 1.50 bits per heavy atom. The SMILES string of the molecule is CCOC(=O)CS(=O)(=O)NC(C)(C#N)CC. The van der Waals surface area contributed by atoms with Crippen molar-refractivity contribution in [3.05, 3.63) is 0 Å². The third-order valence-electron chi connectivity index (χ3n) is 1.95. The Bertz CT molecular complexity index is 385. The van der Waals surface area contributed by atoms with E-state index in [0.717, 1.165) is 0 Å². The lowest BCUT2D eigenvalue weighted by molar-refractivity contribution is -0.139. The summed E-state index contributed by atoms with van der Waals surface area (Å²) in [6.45, 7) is 4.84. The normalized spacial score (nSPS) is 14.9. The van der Waals surface area contributed by atoms with Gasteiger partial charge in [-0.1, -0.05) is 6.92 Å². The molecular weight excluding hydrogens is 232 g/mol. The molecule has 0 radical (unpaired) electrons. The summed E-state index contributed by atoms with van der Waals surface area (Å²) < 4.78 is 29.7. The molecule has 16 heavy (non-hydrogen) atoms. The number of hydrogen-bond donors (Lipinski definition) is 1. The van der Waals surface area contributed by atoms with Crippen LogP contribution in [-0.2, 0) is 19.6 Å². The maximum atomic E-state index is 11.5. The number of nitrogens with one attached hydrogen (secondary N) is 1. The van der Waals surface area contributed by atoms with E-state index in [1.807, 2.05) is 6.07 Å². The largest absolute Gasteiger partial charge is 0.465 e. The first-order valence-electron chi connectivity index (χ1n) is 4.87. The molecule has 0 fully saturated rings. The zero-order chi connectivity index (χ0) is 12.8. The van der Waals surface area contributed by atoms with Crippen LogP contribution in [0.1, 0.15) is 27.2 Å². The van der Waals surface area contributed by atoms with Crippen molar-refractivity contribution in [3.63, 3.8) is 0 Å². The van der Waals surface area contributed by atoms with Crippen LogP contribution in [0.15, 0.2) is 0 Å². The standard InChI is InChI=1S/C9H16N2O4S/c1-4-9(3,7-10)11-16(13,14)6-8(12)15-5-2/h11H,4-6H2,1-3H3. The van der Waals surface area contributed by atoms with E-state index in [9.17, 15) is 13.2 Å². The molecule has 6 nitrogen and oxygen atoms in total. The highest BCUT2D eigenvalue weighted by molar-refractivity contribution is 7.90. The Kier molecular flexibility index (Phi) is 5.41. The average Bonchev–Trinajstić information content (AvgIpc) is 2.16. The van der Waals surface area contributed by atoms with Gasteiger partial charge in [-0.2, -0.15) is 9.98 Å². The van der Waals surface area contributed by atoms with E-state index in [0.29, 0.717) is 6.42 Å². The number of nitriles is 1. The molecule has 0 aliphatic carbocycles. The highest BCUT2D eigenvalue weighted by atomic mass is 32.2. The first-order valence-corrected chi connectivity index (χ1v) is 6.52. The van der Waals surface area contributed by atoms with Crippen LogP contribution in [0.2, 0.25) is 0 Å². The number of rotatable bonds is 6. The second kappa shape index (κ2) is 5.82. The van der Waals surface area contributed by atoms with Gasteiger partial charge in [0.25, 0.3) is 0 Å². The smallest absolute Gasteiger partial charge is 0.322 e. The molecule has 1 atom stereocenters. The zero-order valence-corrected chi connectivity index (χ0v) is 10.4. The zero-order valence-electron chi connectivity index (χ0n) is 9.61. The van der Waals surface area contributed by atoms with Crippen LogP contribution in [0.5, 0.6) is 0 Å². The molecular formula is C9H16N2O4S. The van der Waals surface area contributed by atoms with E-state index in [1.54, 1.807) is 13.8 Å². The van der Waals surface area contributed by atoms with Gasteiger partial charge in [-0.15, -0.1) is 0 Å². The van der Waals surface area contributed by atoms with Crippen molar-refractivity contribution in [2.45, 2.75) is 32.7 Å². The summed E-state index contributed by atoms with van der Waals surface area (Å²) in [4.78, 5) is 11.0. The molecule has 0 amide bonds. The molecule has 0 spiro atoms. The van der Waals surface area contributed by atoms with Gasteiger partial charge in [-0.05, 0) is 20.3 Å². The molecule has 0 aliphatic heterocycles. The third kappa shape index (κ3) is 5.09. The third-order valence-corrected chi connectivity index (χ3v) is 3.33. The lowest BCUT2D eigenvalue weighted by atomic mass is 10.0. The van der Waals surface area contributed by atoms with E-state index in [-0.39, 0.29) is 6.61 Å². The topological polar surface area (TPSA) is 96.3 Å². The number of sulfonamides is 1. The number of esters is 1. The fourth-order valence-electron chi connectivity index (χ4n) is 0.911. The van der Waals surface area contributed by atoms with Crippen molar-refractivity contribution < 1.29 is 17.9 Å². The van der Waals surface area contributed by atoms with Crippen molar-refractivity contribution in [3.8, 4) is 6.07 Å². The van der Waals surface area contributed by atoms with Crippen LogP contribution in [0.3, 0.4) is 0 Å². The molecule has 0 aromatic rings. The number of carbonyl (C=O) groups excluding carboxylic acids is 1. The molecule has 0 heterocycles. The number of ether oxygens (including phenoxy) is 1. The molecule has 0 bridgehead atoms. The van der Waals surface area contributed by atoms with Crippen molar-refractivity contribution in [2.75, 3.05) is 12.4 Å². The van der Waals surface area contributed by atoms with Gasteiger partial charge in [0.1, 0.15) is 5.54 Å². The molecule has 0 rings (SSSR count). The van der Waals surface area contributed by atoms with Gasteiger partial charge in [0.15, 0.2) is 5.75 Å². The highest BCUT2D eigenvalue weighted by Crippen LogP contribution is 2.09. The van der Waals surface area contributed by atoms with E-state index in [1.165, 1.54) is 6.92 Å². The van der Waals surface area contributed by atoms with Crippen molar-refractivity contribution in [1.82, 2.24) is 4.72 Å². The summed E-state index contributed by atoms with van der Waals surface area (Å²) in [5, 5.41) is 8.79. The minimum Gasteiger partial charge on any atom is -0.465 e. The van der Waals surface area contributed by atoms with Crippen molar-refractivity contribution >= 4 is 16.0 Å². The maximum Gasteiger partial charge on any atom is 0.322 e. The summed E-state index contributed by atoms with van der Waals surface area (Å²) in [6.07, 6.45) is 0.311. The summed E-state index contributed by atoms with van der Waals surface area (Å²) >= 11 is 0. The van der Waals surface area contributed by atoms with Crippen LogP contribution in [0.4, 0.5) is 0 Å². The Balaban J connectivity index is 4.60. The Hall–Kier alpha value is -1.13. The second-order valence-corrected chi connectivity index (χ2v) is 5.19. The van der Waals surface area contributed by atoms with Gasteiger partial charge in [0.2, 0.25) is 10.0 Å². The molecule has 1 unspecified atom stereocenters. The summed E-state index contributed by atoms with van der Waals surface area (Å²) in [6, 6.07) is 1.85. The number of nitrogens with zero attached hydrogens (tertiary/aromatic N) is 1. The van der Waals surface area contributed by atoms with Crippen LogP contribution in [-0.4, -0.2) is 32.3 Å². The predicted octanol–water partition coefficient (Wildman–Crippen LogP) is 0.161. The fourth-order valence-corrected chi connectivity index (χ4v) is 2.25. The van der Waals surface area contributed by atoms with Crippen LogP contribution in [0, 0.1) is 11.3 Å². The van der Waals surface area contributed by atoms with Gasteiger partial charge < -0.3 is 4.74 Å². The first kappa shape index (κ1) is 14.9. The predicted molar refractivity (Wildman–Crippen MR) is 57.9 cm³/mol. The monoisotopic (exact) mass is 248 g/mol. The second-order valence-electron chi connectivity index (χ2n) is 3.46. The molecule has 0 aliphatic rings. The van der Waals surface area contributed by atoms with E-state index in [4.69, 9.17) is 5.26 Å². The highest BCUT2D eigenvalue weighted by Gasteiger charge is 2.29. The Morgan fingerprint density at radius 3 is 2.44 bits per heavy atom. The minimum atomic E-state index is -3.83. The van der Waals surface area contributed by atoms with E-state index >= 15 is 0 Å². The lowest BCUT2D eigenvalue weighted by Crippen LogP contribution is -2.46. The quantitative estimate of drug-likeness (QED) is 0.675. The van der Waals surface area contributed by atoms with Crippen molar-refractivity contribution in [2.24, 2.45) is 0 Å². The molecule has 1 N–H and O–H groups in total. The first-order chi connectivity index (χ1) is 7.28. The lowest BCUT2D eigenvalue weighted by Gasteiger charge is -2.20. The summed E-state index contributed by atoms with van der Waals surface area (Å²) in [5.41, 5.74) is -1.19. The Labute approximate surface area is 95.6 Å². The average molecular weight is 248 g/mol. The van der Waals surface area contributed by atoms with Gasteiger partial charge in [0.05, 0.1) is 12.7 Å². The number of hydrogen-bond acceptors (Lipinski definition) is 5. The maximum absolute atomic E-state index is 11.5. The van der Waals surface area contributed by atoms with Crippen LogP contribution in [0.25, 0.3) is 0 Å². The molecule has 92 valence electrons. The van der Waals surface area contributed by atoms with Gasteiger partial charge in [-0.3, -0.25) is 4.79 Å². The Morgan fingerprint density at radius 2 is 2.06 bits per heavy atom. The molecule has 0 aromatic heterocycles. The molecule has 7 heteroatoms. The van der Waals surface area contributed by atoms with Crippen LogP contribution < -0.4 is 4.72 Å². The minimum absolute atomic E-state index is 0.123. The summed E-state index contributed by atoms with van der Waals surface area (Å²) in [7, 11) is -3.83. The molecule has 0 saturated carbocycles. The van der Waals surface area contributed by atoms with E-state index < -0.39 is 27.3 Å². The van der Waals surface area contributed by atoms with Crippen LogP contribution >= 0.6 is 0 Å². The summed E-state index contributed by atoms with van der Waals surface area (Å²) in [5.74, 6) is -1.59. The number of carbonyl (C=O) groups is 1. The van der Waals surface area contributed by atoms with Gasteiger partial charge in [-0.25, -0.2) is 8.42 Å². The van der Waals surface area contributed by atoms with Gasteiger partial charge in [0, 0.05) is 0 Å². The molecule has 0 saturated heterocycles. The van der Waals surface area contributed by atoms with E-state index in [2.05, 4.69) is 9.46 Å². The fraction of sp³-hybridized carbons (Fsp3) is 0.778. The van der Waals surface area contributed by atoms with Crippen molar-refractivity contribution in [1.29, 1.82) is 5.26 Å². The van der Waals surface area contributed by atoms with Gasteiger partial charge >= 0.3 is 5.97 Å². The molecule has 0 aromatic carbocycles.